The molecule has 8 nitrogen and oxygen atoms in total. The summed E-state index contributed by atoms with van der Waals surface area (Å²) < 4.78 is 17.1. The van der Waals surface area contributed by atoms with E-state index in [2.05, 4.69) is 4.98 Å². The average molecular weight is 459 g/mol. The van der Waals surface area contributed by atoms with Gasteiger partial charge in [-0.1, -0.05) is 11.6 Å². The van der Waals surface area contributed by atoms with Gasteiger partial charge in [0.25, 0.3) is 5.56 Å². The summed E-state index contributed by atoms with van der Waals surface area (Å²) in [5.74, 6) is 0.0802. The maximum atomic E-state index is 12.8. The van der Waals surface area contributed by atoms with Crippen LogP contribution in [0.1, 0.15) is 30.1 Å². The summed E-state index contributed by atoms with van der Waals surface area (Å²) in [6, 6.07) is 9.58. The minimum Gasteiger partial charge on any atom is -0.493 e. The van der Waals surface area contributed by atoms with Gasteiger partial charge >= 0.3 is 5.97 Å². The zero-order chi connectivity index (χ0) is 23.3. The third-order valence-electron chi connectivity index (χ3n) is 4.92. The van der Waals surface area contributed by atoms with Gasteiger partial charge in [-0.05, 0) is 43.7 Å². The van der Waals surface area contributed by atoms with Gasteiger partial charge in [-0.15, -0.1) is 0 Å². The van der Waals surface area contributed by atoms with Crippen molar-refractivity contribution in [3.8, 4) is 11.5 Å². The fourth-order valence-electron chi connectivity index (χ4n) is 3.20. The number of hydrogen-bond acceptors (Lipinski definition) is 7. The number of fused-ring (bicyclic) bond motifs is 1. The highest BCUT2D eigenvalue weighted by atomic mass is 35.5. The maximum absolute atomic E-state index is 12.8. The smallest absolute Gasteiger partial charge is 0.306 e. The Morgan fingerprint density at radius 2 is 1.75 bits per heavy atom. The molecule has 168 valence electrons. The number of carbonyl (C=O) groups excluding carboxylic acids is 2. The topological polar surface area (TPSA) is 96.7 Å². The van der Waals surface area contributed by atoms with Crippen molar-refractivity contribution in [2.45, 2.75) is 32.4 Å². The standard InChI is InChI=1S/C23H23ClN2O6/c1-14(22(28)15-6-8-16(24)9-7-15)32-21(27)5-4-10-26-13-25-18-12-20(31-3)19(30-2)11-17(18)23(26)29/h6-9,11-14H,4-5,10H2,1-3H3. The second-order valence-electron chi connectivity index (χ2n) is 7.07. The molecular weight excluding hydrogens is 436 g/mol. The van der Waals surface area contributed by atoms with E-state index in [-0.39, 0.29) is 24.3 Å². The van der Waals surface area contributed by atoms with E-state index in [9.17, 15) is 14.4 Å². The molecule has 9 heteroatoms. The van der Waals surface area contributed by atoms with E-state index in [0.717, 1.165) is 0 Å². The normalized spacial score (nSPS) is 11.8. The molecule has 0 aliphatic heterocycles. The lowest BCUT2D eigenvalue weighted by Gasteiger charge is -2.13. The summed E-state index contributed by atoms with van der Waals surface area (Å²) in [7, 11) is 3.00. The Morgan fingerprint density at radius 1 is 1.09 bits per heavy atom. The first-order valence-corrected chi connectivity index (χ1v) is 10.3. The van der Waals surface area contributed by atoms with Crippen LogP contribution in [-0.4, -0.2) is 41.6 Å². The summed E-state index contributed by atoms with van der Waals surface area (Å²) in [4.78, 5) is 41.6. The number of benzene rings is 2. The molecule has 32 heavy (non-hydrogen) atoms. The van der Waals surface area contributed by atoms with E-state index in [4.69, 9.17) is 25.8 Å². The first kappa shape index (κ1) is 23.3. The van der Waals surface area contributed by atoms with E-state index in [0.29, 0.717) is 39.4 Å². The Labute approximate surface area is 189 Å². The second kappa shape index (κ2) is 10.3. The number of halogens is 1. The van der Waals surface area contributed by atoms with Crippen LogP contribution < -0.4 is 15.0 Å². The van der Waals surface area contributed by atoms with E-state index in [1.54, 1.807) is 36.4 Å². The fourth-order valence-corrected chi connectivity index (χ4v) is 3.32. The van der Waals surface area contributed by atoms with Crippen LogP contribution in [0, 0.1) is 0 Å². The van der Waals surface area contributed by atoms with Gasteiger partial charge in [0.05, 0.1) is 31.4 Å². The highest BCUT2D eigenvalue weighted by molar-refractivity contribution is 6.30. The number of carbonyl (C=O) groups is 2. The molecule has 0 N–H and O–H groups in total. The van der Waals surface area contributed by atoms with Crippen LogP contribution in [0.5, 0.6) is 11.5 Å². The zero-order valence-corrected chi connectivity index (χ0v) is 18.7. The quantitative estimate of drug-likeness (QED) is 0.356. The monoisotopic (exact) mass is 458 g/mol. The lowest BCUT2D eigenvalue weighted by molar-refractivity contribution is -0.146. The fraction of sp³-hybridized carbons (Fsp3) is 0.304. The van der Waals surface area contributed by atoms with Crippen LogP contribution >= 0.6 is 11.6 Å². The molecule has 1 heterocycles. The van der Waals surface area contributed by atoms with Gasteiger partial charge in [-0.2, -0.15) is 0 Å². The first-order valence-electron chi connectivity index (χ1n) is 9.94. The zero-order valence-electron chi connectivity index (χ0n) is 18.0. The van der Waals surface area contributed by atoms with Crippen molar-refractivity contribution < 1.29 is 23.8 Å². The summed E-state index contributed by atoms with van der Waals surface area (Å²) in [5.41, 5.74) is 0.643. The van der Waals surface area contributed by atoms with Crippen LogP contribution in [0.2, 0.25) is 5.02 Å². The summed E-state index contributed by atoms with van der Waals surface area (Å²) in [6.45, 7) is 1.79. The number of ether oxygens (including phenoxy) is 3. The lowest BCUT2D eigenvalue weighted by Crippen LogP contribution is -2.25. The molecule has 3 rings (SSSR count). The van der Waals surface area contributed by atoms with Gasteiger partial charge < -0.3 is 14.2 Å². The number of aryl methyl sites for hydroxylation is 1. The molecule has 3 aromatic rings. The molecule has 2 aromatic carbocycles. The average Bonchev–Trinajstić information content (AvgIpc) is 2.79. The van der Waals surface area contributed by atoms with Crippen LogP contribution in [0.25, 0.3) is 10.9 Å². The van der Waals surface area contributed by atoms with Crippen molar-refractivity contribution >= 4 is 34.3 Å². The maximum Gasteiger partial charge on any atom is 0.306 e. The van der Waals surface area contributed by atoms with Crippen molar-refractivity contribution in [2.24, 2.45) is 0 Å². The van der Waals surface area contributed by atoms with Crippen molar-refractivity contribution in [1.29, 1.82) is 0 Å². The van der Waals surface area contributed by atoms with E-state index < -0.39 is 12.1 Å². The minimum absolute atomic E-state index is 0.0502. The number of esters is 1. The molecule has 1 unspecified atom stereocenters. The molecule has 1 atom stereocenters. The molecule has 0 bridgehead atoms. The summed E-state index contributed by atoms with van der Waals surface area (Å²) in [6.07, 6.45) is 0.904. The Hall–Kier alpha value is -3.39. The van der Waals surface area contributed by atoms with E-state index in [1.807, 2.05) is 0 Å². The van der Waals surface area contributed by atoms with Crippen molar-refractivity contribution in [1.82, 2.24) is 9.55 Å². The number of ketones is 1. The number of Topliss-reactive ketones (excluding diaryl/α,β-unsaturated/α-hetero) is 1. The summed E-state index contributed by atoms with van der Waals surface area (Å²) >= 11 is 5.82. The van der Waals surface area contributed by atoms with Crippen molar-refractivity contribution in [2.75, 3.05) is 14.2 Å². The number of aromatic nitrogens is 2. The second-order valence-corrected chi connectivity index (χ2v) is 7.51. The van der Waals surface area contributed by atoms with Crippen LogP contribution in [0.4, 0.5) is 0 Å². The Balaban J connectivity index is 1.60. The van der Waals surface area contributed by atoms with Gasteiger partial charge in [-0.3, -0.25) is 19.0 Å². The molecule has 0 amide bonds. The molecule has 0 saturated heterocycles. The predicted molar refractivity (Wildman–Crippen MR) is 120 cm³/mol. The molecule has 0 spiro atoms. The molecule has 1 aromatic heterocycles. The Bertz CT molecular complexity index is 1190. The Kier molecular flexibility index (Phi) is 7.48. The first-order chi connectivity index (χ1) is 15.3. The third-order valence-corrected chi connectivity index (χ3v) is 5.17. The Morgan fingerprint density at radius 3 is 2.41 bits per heavy atom. The van der Waals surface area contributed by atoms with Crippen molar-refractivity contribution in [3.05, 3.63) is 63.7 Å². The van der Waals surface area contributed by atoms with E-state index in [1.165, 1.54) is 32.0 Å². The molecule has 0 saturated carbocycles. The molecule has 0 aliphatic rings. The molecule has 0 radical (unpaired) electrons. The van der Waals surface area contributed by atoms with Gasteiger partial charge in [-0.25, -0.2) is 4.98 Å². The largest absolute Gasteiger partial charge is 0.493 e. The van der Waals surface area contributed by atoms with Crippen LogP contribution in [0.3, 0.4) is 0 Å². The van der Waals surface area contributed by atoms with Crippen LogP contribution in [-0.2, 0) is 16.1 Å². The lowest BCUT2D eigenvalue weighted by atomic mass is 10.1. The van der Waals surface area contributed by atoms with Gasteiger partial charge in [0.15, 0.2) is 17.6 Å². The number of methoxy groups -OCH3 is 2. The van der Waals surface area contributed by atoms with E-state index >= 15 is 0 Å². The summed E-state index contributed by atoms with van der Waals surface area (Å²) in [5, 5.41) is 0.900. The SMILES string of the molecule is COc1cc2ncn(CCCC(=O)OC(C)C(=O)c3ccc(Cl)cc3)c(=O)c2cc1OC. The number of rotatable bonds is 9. The highest BCUT2D eigenvalue weighted by Crippen LogP contribution is 2.29. The van der Waals surface area contributed by atoms with Gasteiger partial charge in [0, 0.05) is 29.6 Å². The minimum atomic E-state index is -0.920. The molecule has 0 aliphatic carbocycles. The van der Waals surface area contributed by atoms with Gasteiger partial charge in [0.2, 0.25) is 5.78 Å². The highest BCUT2D eigenvalue weighted by Gasteiger charge is 2.19. The number of hydrogen-bond donors (Lipinski definition) is 0. The third kappa shape index (κ3) is 5.26. The van der Waals surface area contributed by atoms with Crippen LogP contribution in [0.15, 0.2) is 47.5 Å². The predicted octanol–water partition coefficient (Wildman–Crippen LogP) is 3.66. The molecule has 0 fully saturated rings. The number of nitrogens with zero attached hydrogens (tertiary/aromatic N) is 2. The van der Waals surface area contributed by atoms with Crippen molar-refractivity contribution in [3.63, 3.8) is 0 Å². The van der Waals surface area contributed by atoms with Gasteiger partial charge in [0.1, 0.15) is 0 Å². The molecular formula is C23H23ClN2O6.